The van der Waals surface area contributed by atoms with Gasteiger partial charge in [0.1, 0.15) is 0 Å². The van der Waals surface area contributed by atoms with Gasteiger partial charge in [-0.1, -0.05) is 0 Å². The van der Waals surface area contributed by atoms with Crippen molar-refractivity contribution >= 4 is 5.96 Å². The van der Waals surface area contributed by atoms with Gasteiger partial charge in [-0.05, 0) is 34.7 Å². The van der Waals surface area contributed by atoms with Crippen LogP contribution in [0.5, 0.6) is 0 Å². The van der Waals surface area contributed by atoms with Crippen molar-refractivity contribution in [3.05, 3.63) is 17.0 Å². The van der Waals surface area contributed by atoms with E-state index in [1.807, 2.05) is 18.7 Å². The molecule has 2 rings (SSSR count). The highest BCUT2D eigenvalue weighted by Crippen LogP contribution is 2.12. The number of guanidine groups is 1. The maximum Gasteiger partial charge on any atom is 0.191 e. The summed E-state index contributed by atoms with van der Waals surface area (Å²) >= 11 is 0. The summed E-state index contributed by atoms with van der Waals surface area (Å²) in [5.74, 6) is 0.881. The average molecular weight is 350 g/mol. The monoisotopic (exact) mass is 349 g/mol. The molecule has 1 aliphatic rings. The van der Waals surface area contributed by atoms with Gasteiger partial charge in [0.05, 0.1) is 12.2 Å². The van der Waals surface area contributed by atoms with E-state index in [1.54, 1.807) is 0 Å². The first kappa shape index (κ1) is 19.7. The topological polar surface area (TPSA) is 60.7 Å². The lowest BCUT2D eigenvalue weighted by Gasteiger charge is -2.36. The number of aromatic nitrogens is 2. The molecular weight excluding hydrogens is 314 g/mol. The van der Waals surface area contributed by atoms with Gasteiger partial charge in [-0.25, -0.2) is 4.99 Å². The van der Waals surface area contributed by atoms with Crippen molar-refractivity contribution in [3.63, 3.8) is 0 Å². The number of hydrogen-bond donors (Lipinski definition) is 2. The van der Waals surface area contributed by atoms with Crippen LogP contribution in [-0.2, 0) is 13.6 Å². The molecule has 0 aromatic carbocycles. The third-order valence-corrected chi connectivity index (χ3v) is 5.12. The minimum atomic E-state index is 0.499. The summed E-state index contributed by atoms with van der Waals surface area (Å²) in [6, 6.07) is 0.499. The summed E-state index contributed by atoms with van der Waals surface area (Å²) in [6.07, 6.45) is 0. The summed E-state index contributed by atoms with van der Waals surface area (Å²) in [4.78, 5) is 9.70. The maximum absolute atomic E-state index is 4.76. The van der Waals surface area contributed by atoms with E-state index in [0.29, 0.717) is 12.6 Å². The lowest BCUT2D eigenvalue weighted by molar-refractivity contribution is 0.120. The quantitative estimate of drug-likeness (QED) is 0.586. The molecule has 7 nitrogen and oxygen atoms in total. The fourth-order valence-electron chi connectivity index (χ4n) is 3.18. The van der Waals surface area contributed by atoms with Crippen LogP contribution in [-0.4, -0.2) is 77.9 Å². The number of nitrogens with one attached hydrogen (secondary N) is 2. The van der Waals surface area contributed by atoms with Crippen molar-refractivity contribution in [1.82, 2.24) is 30.2 Å². The van der Waals surface area contributed by atoms with E-state index in [4.69, 9.17) is 4.99 Å². The number of rotatable bonds is 6. The Kier molecular flexibility index (Phi) is 7.25. The van der Waals surface area contributed by atoms with Crippen molar-refractivity contribution in [3.8, 4) is 0 Å². The normalized spacial score (nSPS) is 18.4. The van der Waals surface area contributed by atoms with Gasteiger partial charge in [-0.3, -0.25) is 9.58 Å². The summed E-state index contributed by atoms with van der Waals surface area (Å²) in [6.45, 7) is 15.5. The number of piperazine rings is 1. The second-order valence-electron chi connectivity index (χ2n) is 7.04. The molecule has 1 saturated heterocycles. The molecule has 1 unspecified atom stereocenters. The van der Waals surface area contributed by atoms with Gasteiger partial charge < -0.3 is 15.5 Å². The predicted octanol–water partition coefficient (Wildman–Crippen LogP) is 0.728. The van der Waals surface area contributed by atoms with Gasteiger partial charge in [-0.15, -0.1) is 0 Å². The van der Waals surface area contributed by atoms with Crippen molar-refractivity contribution in [2.24, 2.45) is 12.0 Å². The Morgan fingerprint density at radius 1 is 1.16 bits per heavy atom. The Labute approximate surface area is 152 Å². The zero-order valence-corrected chi connectivity index (χ0v) is 16.8. The Bertz CT molecular complexity index is 570. The zero-order valence-electron chi connectivity index (χ0n) is 16.8. The molecule has 0 saturated carbocycles. The number of nitrogens with zero attached hydrogens (tertiary/aromatic N) is 5. The van der Waals surface area contributed by atoms with Crippen LogP contribution in [0.2, 0.25) is 0 Å². The minimum Gasteiger partial charge on any atom is -0.357 e. The van der Waals surface area contributed by atoms with E-state index in [0.717, 1.165) is 50.9 Å². The summed E-state index contributed by atoms with van der Waals surface area (Å²) in [5, 5.41) is 11.3. The first-order valence-corrected chi connectivity index (χ1v) is 9.36. The molecule has 2 heterocycles. The molecule has 1 fully saturated rings. The number of aliphatic imine (C=N–C) groups is 1. The third-order valence-electron chi connectivity index (χ3n) is 5.12. The Hall–Kier alpha value is -1.60. The van der Waals surface area contributed by atoms with Crippen LogP contribution in [0.1, 0.15) is 30.8 Å². The molecule has 142 valence electrons. The van der Waals surface area contributed by atoms with Gasteiger partial charge in [-0.2, -0.15) is 5.10 Å². The van der Waals surface area contributed by atoms with Gasteiger partial charge >= 0.3 is 0 Å². The molecule has 25 heavy (non-hydrogen) atoms. The third kappa shape index (κ3) is 5.44. The van der Waals surface area contributed by atoms with Gasteiger partial charge in [0.25, 0.3) is 0 Å². The van der Waals surface area contributed by atoms with Crippen molar-refractivity contribution < 1.29 is 0 Å². The summed E-state index contributed by atoms with van der Waals surface area (Å²) in [5.41, 5.74) is 3.46. The largest absolute Gasteiger partial charge is 0.357 e. The molecule has 2 N–H and O–H groups in total. The minimum absolute atomic E-state index is 0.499. The first-order valence-electron chi connectivity index (χ1n) is 9.36. The standard InChI is InChI=1S/C18H35N7/c1-7-19-18(21-13-17-15(3)22-24(6)16(17)4)20-12-14(2)25-10-8-23(5)9-11-25/h14H,7-13H2,1-6H3,(H2,19,20,21). The molecule has 1 aromatic heterocycles. The second-order valence-corrected chi connectivity index (χ2v) is 7.04. The summed E-state index contributed by atoms with van der Waals surface area (Å²) in [7, 11) is 4.18. The molecule has 0 radical (unpaired) electrons. The highest BCUT2D eigenvalue weighted by molar-refractivity contribution is 5.79. The fourth-order valence-corrected chi connectivity index (χ4v) is 3.18. The van der Waals surface area contributed by atoms with Crippen LogP contribution in [0.15, 0.2) is 4.99 Å². The van der Waals surface area contributed by atoms with Crippen LogP contribution >= 0.6 is 0 Å². The van der Waals surface area contributed by atoms with Crippen molar-refractivity contribution in [2.45, 2.75) is 40.3 Å². The van der Waals surface area contributed by atoms with E-state index < -0.39 is 0 Å². The molecular formula is C18H35N7. The van der Waals surface area contributed by atoms with Crippen LogP contribution in [0.25, 0.3) is 0 Å². The molecule has 0 spiro atoms. The van der Waals surface area contributed by atoms with E-state index >= 15 is 0 Å². The van der Waals surface area contributed by atoms with Gasteiger partial charge in [0.15, 0.2) is 5.96 Å². The molecule has 1 aliphatic heterocycles. The maximum atomic E-state index is 4.76. The molecule has 0 bridgehead atoms. The van der Waals surface area contributed by atoms with Crippen molar-refractivity contribution in [2.75, 3.05) is 46.3 Å². The van der Waals surface area contributed by atoms with Gasteiger partial charge in [0.2, 0.25) is 0 Å². The fraction of sp³-hybridized carbons (Fsp3) is 0.778. The highest BCUT2D eigenvalue weighted by atomic mass is 15.3. The Morgan fingerprint density at radius 3 is 2.40 bits per heavy atom. The Morgan fingerprint density at radius 2 is 1.84 bits per heavy atom. The average Bonchev–Trinajstić information content (AvgIpc) is 2.83. The molecule has 7 heteroatoms. The number of hydrogen-bond acceptors (Lipinski definition) is 4. The second kappa shape index (κ2) is 9.20. The van der Waals surface area contributed by atoms with E-state index in [1.165, 1.54) is 11.3 Å². The number of aryl methyl sites for hydroxylation is 2. The van der Waals surface area contributed by atoms with Crippen LogP contribution in [0.4, 0.5) is 0 Å². The van der Waals surface area contributed by atoms with Crippen LogP contribution in [0, 0.1) is 13.8 Å². The zero-order chi connectivity index (χ0) is 18.4. The lowest BCUT2D eigenvalue weighted by atomic mass is 10.2. The number of likely N-dealkylation sites (N-methyl/N-ethyl adjacent to an activating group) is 1. The van der Waals surface area contributed by atoms with Crippen LogP contribution < -0.4 is 10.6 Å². The Balaban J connectivity index is 1.91. The first-order chi connectivity index (χ1) is 11.9. The smallest absolute Gasteiger partial charge is 0.191 e. The lowest BCUT2D eigenvalue weighted by Crippen LogP contribution is -2.52. The van der Waals surface area contributed by atoms with Gasteiger partial charge in [0, 0.05) is 63.6 Å². The van der Waals surface area contributed by atoms with E-state index in [2.05, 4.69) is 53.4 Å². The molecule has 0 aliphatic carbocycles. The van der Waals surface area contributed by atoms with Crippen LogP contribution in [0.3, 0.4) is 0 Å². The molecule has 1 atom stereocenters. The SMILES string of the molecule is CCNC(=NCc1c(C)nn(C)c1C)NCC(C)N1CCN(C)CC1. The molecule has 1 aromatic rings. The molecule has 0 amide bonds. The predicted molar refractivity (Wildman–Crippen MR) is 104 cm³/mol. The van der Waals surface area contributed by atoms with E-state index in [9.17, 15) is 0 Å². The highest BCUT2D eigenvalue weighted by Gasteiger charge is 2.19. The van der Waals surface area contributed by atoms with E-state index in [-0.39, 0.29) is 0 Å². The summed E-state index contributed by atoms with van der Waals surface area (Å²) < 4.78 is 1.93. The van der Waals surface area contributed by atoms with Crippen molar-refractivity contribution in [1.29, 1.82) is 0 Å².